The van der Waals surface area contributed by atoms with Gasteiger partial charge in [0.15, 0.2) is 5.82 Å². The van der Waals surface area contributed by atoms with Gasteiger partial charge in [-0.2, -0.15) is 0 Å². The fourth-order valence-electron chi connectivity index (χ4n) is 3.07. The number of aromatic nitrogens is 2. The summed E-state index contributed by atoms with van der Waals surface area (Å²) in [5, 5.41) is 12.0. The van der Waals surface area contributed by atoms with Gasteiger partial charge in [-0.1, -0.05) is 6.92 Å². The van der Waals surface area contributed by atoms with Crippen molar-refractivity contribution in [2.45, 2.75) is 26.2 Å². The van der Waals surface area contributed by atoms with E-state index in [1.165, 1.54) is 6.20 Å². The maximum atomic E-state index is 14.8. The first-order chi connectivity index (χ1) is 14.7. The summed E-state index contributed by atoms with van der Waals surface area (Å²) in [6.45, 7) is 1.69. The van der Waals surface area contributed by atoms with E-state index in [4.69, 9.17) is 5.11 Å². The maximum Gasteiger partial charge on any atom is 0.261 e. The zero-order valence-corrected chi connectivity index (χ0v) is 17.5. The molecule has 3 aromatic rings. The Hall–Kier alpha value is -3.05. The van der Waals surface area contributed by atoms with Crippen LogP contribution in [0.2, 0.25) is 0 Å². The Morgan fingerprint density at radius 3 is 2.74 bits per heavy atom. The van der Waals surface area contributed by atoms with E-state index in [0.29, 0.717) is 30.3 Å². The number of anilines is 2. The highest BCUT2D eigenvalue weighted by molar-refractivity contribution is 7.92. The van der Waals surface area contributed by atoms with Crippen molar-refractivity contribution >= 4 is 38.3 Å². The first kappa shape index (κ1) is 22.6. The second-order valence-corrected chi connectivity index (χ2v) is 8.78. The van der Waals surface area contributed by atoms with Crippen LogP contribution >= 0.6 is 0 Å². The Morgan fingerprint density at radius 1 is 1.26 bits per heavy atom. The topological polar surface area (TPSA) is 124 Å². The van der Waals surface area contributed by atoms with Crippen molar-refractivity contribution in [1.82, 2.24) is 9.97 Å². The van der Waals surface area contributed by atoms with Gasteiger partial charge in [-0.3, -0.25) is 9.52 Å². The van der Waals surface area contributed by atoms with Gasteiger partial charge in [0.2, 0.25) is 10.0 Å². The minimum Gasteiger partial charge on any atom is -0.396 e. The van der Waals surface area contributed by atoms with E-state index in [0.717, 1.165) is 17.8 Å². The van der Waals surface area contributed by atoms with Gasteiger partial charge in [-0.25, -0.2) is 22.2 Å². The van der Waals surface area contributed by atoms with Gasteiger partial charge in [0.25, 0.3) is 5.91 Å². The molecule has 2 aromatic heterocycles. The number of hydrogen-bond donors (Lipinski definition) is 4. The number of sulfonamides is 1. The van der Waals surface area contributed by atoms with E-state index >= 15 is 0 Å². The molecule has 0 unspecified atom stereocenters. The number of H-pyrrole nitrogens is 1. The molecular formula is C20H22F2N4O4S. The highest BCUT2D eigenvalue weighted by Crippen LogP contribution is 2.24. The molecule has 2 heterocycles. The normalized spacial score (nSPS) is 11.6. The molecule has 11 heteroatoms. The Labute approximate surface area is 177 Å². The highest BCUT2D eigenvalue weighted by atomic mass is 32.2. The van der Waals surface area contributed by atoms with Crippen LogP contribution in [0.25, 0.3) is 11.0 Å². The second-order valence-electron chi connectivity index (χ2n) is 6.94. The third-order valence-electron chi connectivity index (χ3n) is 4.44. The third-order valence-corrected chi connectivity index (χ3v) is 5.92. The number of halogens is 2. The van der Waals surface area contributed by atoms with Crippen molar-refractivity contribution in [1.29, 1.82) is 0 Å². The molecule has 0 saturated heterocycles. The van der Waals surface area contributed by atoms with Crippen molar-refractivity contribution in [2.24, 2.45) is 0 Å². The number of aliphatic hydroxyl groups is 1. The number of aryl methyl sites for hydroxylation is 1. The van der Waals surface area contributed by atoms with Crippen LogP contribution in [0.5, 0.6) is 0 Å². The van der Waals surface area contributed by atoms with E-state index in [1.54, 1.807) is 19.1 Å². The van der Waals surface area contributed by atoms with Gasteiger partial charge < -0.3 is 15.4 Å². The fraction of sp³-hybridized carbons (Fsp3) is 0.300. The van der Waals surface area contributed by atoms with Crippen molar-refractivity contribution in [3.05, 3.63) is 53.4 Å². The van der Waals surface area contributed by atoms with E-state index in [2.05, 4.69) is 15.3 Å². The van der Waals surface area contributed by atoms with Crippen LogP contribution in [0, 0.1) is 11.6 Å². The molecule has 166 valence electrons. The van der Waals surface area contributed by atoms with Crippen molar-refractivity contribution < 1.29 is 27.1 Å². The minimum atomic E-state index is -3.82. The lowest BCUT2D eigenvalue weighted by Crippen LogP contribution is -2.20. The molecule has 0 aliphatic carbocycles. The average molecular weight is 452 g/mol. The molecule has 4 N–H and O–H groups in total. The molecule has 0 fully saturated rings. The number of carbonyl (C=O) groups is 1. The smallest absolute Gasteiger partial charge is 0.261 e. The molecule has 1 amide bonds. The summed E-state index contributed by atoms with van der Waals surface area (Å²) in [4.78, 5) is 19.8. The Morgan fingerprint density at radius 2 is 2.03 bits per heavy atom. The zero-order valence-electron chi connectivity index (χ0n) is 16.7. The number of nitrogens with one attached hydrogen (secondary N) is 3. The zero-order chi connectivity index (χ0) is 22.6. The van der Waals surface area contributed by atoms with E-state index in [-0.39, 0.29) is 18.0 Å². The predicted octanol–water partition coefficient (Wildman–Crippen LogP) is 3.17. The fourth-order valence-corrected chi connectivity index (χ4v) is 4.20. The van der Waals surface area contributed by atoms with Gasteiger partial charge in [0.05, 0.1) is 23.3 Å². The number of rotatable bonds is 9. The molecule has 0 aliphatic rings. The van der Waals surface area contributed by atoms with Crippen molar-refractivity contribution in [2.75, 3.05) is 22.4 Å². The molecule has 1 aromatic carbocycles. The summed E-state index contributed by atoms with van der Waals surface area (Å²) in [6.07, 6.45) is 2.83. The molecule has 0 aliphatic heterocycles. The maximum absolute atomic E-state index is 14.8. The Balaban J connectivity index is 1.85. The number of benzene rings is 1. The first-order valence-electron chi connectivity index (χ1n) is 9.62. The van der Waals surface area contributed by atoms with E-state index in [9.17, 15) is 22.0 Å². The van der Waals surface area contributed by atoms with Crippen LogP contribution in [0.4, 0.5) is 20.2 Å². The van der Waals surface area contributed by atoms with Gasteiger partial charge in [0, 0.05) is 17.7 Å². The van der Waals surface area contributed by atoms with Gasteiger partial charge in [0.1, 0.15) is 17.0 Å². The molecule has 0 saturated carbocycles. The molecule has 31 heavy (non-hydrogen) atoms. The van der Waals surface area contributed by atoms with Crippen molar-refractivity contribution in [3.8, 4) is 0 Å². The quantitative estimate of drug-likeness (QED) is 0.397. The monoisotopic (exact) mass is 452 g/mol. The Bertz CT molecular complexity index is 1210. The highest BCUT2D eigenvalue weighted by Gasteiger charge is 2.23. The largest absolute Gasteiger partial charge is 0.396 e. The van der Waals surface area contributed by atoms with Gasteiger partial charge in [-0.05, 0) is 43.5 Å². The molecular weight excluding hydrogens is 430 g/mol. The van der Waals surface area contributed by atoms with E-state index in [1.807, 2.05) is 4.72 Å². The lowest BCUT2D eigenvalue weighted by atomic mass is 10.1. The predicted molar refractivity (Wildman–Crippen MR) is 114 cm³/mol. The van der Waals surface area contributed by atoms with E-state index < -0.39 is 38.8 Å². The number of carbonyl (C=O) groups excluding carboxylic acids is 1. The summed E-state index contributed by atoms with van der Waals surface area (Å²) in [7, 11) is -3.82. The molecule has 8 nitrogen and oxygen atoms in total. The second kappa shape index (κ2) is 9.40. The minimum absolute atomic E-state index is 0.0505. The SMILES string of the molecule is CCCS(=O)(=O)Nc1ccc(F)c(C(=O)Nc2cnc3[nH]c(CCCO)cc3c2)c1F. The Kier molecular flexibility index (Phi) is 6.86. The van der Waals surface area contributed by atoms with Crippen LogP contribution in [0.1, 0.15) is 35.8 Å². The number of nitrogens with zero attached hydrogens (tertiary/aromatic N) is 1. The van der Waals surface area contributed by atoms with Gasteiger partial charge in [-0.15, -0.1) is 0 Å². The lowest BCUT2D eigenvalue weighted by molar-refractivity contribution is 0.101. The summed E-state index contributed by atoms with van der Waals surface area (Å²) in [5.41, 5.74) is 0.211. The summed E-state index contributed by atoms with van der Waals surface area (Å²) in [5.74, 6) is -3.76. The number of fused-ring (bicyclic) bond motifs is 1. The lowest BCUT2D eigenvalue weighted by Gasteiger charge is -2.12. The van der Waals surface area contributed by atoms with Crippen LogP contribution in [-0.2, 0) is 16.4 Å². The molecule has 0 atom stereocenters. The summed E-state index contributed by atoms with van der Waals surface area (Å²) < 4.78 is 54.8. The van der Waals surface area contributed by atoms with Crippen LogP contribution in [0.3, 0.4) is 0 Å². The average Bonchev–Trinajstić information content (AvgIpc) is 3.10. The summed E-state index contributed by atoms with van der Waals surface area (Å²) in [6, 6.07) is 5.14. The number of hydrogen-bond acceptors (Lipinski definition) is 5. The molecule has 0 spiro atoms. The number of aliphatic hydroxyl groups excluding tert-OH is 1. The van der Waals surface area contributed by atoms with Crippen LogP contribution in [-0.4, -0.2) is 41.8 Å². The molecule has 0 radical (unpaired) electrons. The third kappa shape index (κ3) is 5.36. The number of amides is 1. The standard InChI is InChI=1S/C20H22F2N4O4S/c1-2-8-31(29,30)26-16-6-5-15(21)17(18(16)22)20(28)25-14-10-12-9-13(4-3-7-27)24-19(12)23-11-14/h5-6,9-11,26-27H,2-4,7-8H2,1H3,(H,23,24)(H,25,28). The van der Waals surface area contributed by atoms with Crippen molar-refractivity contribution in [3.63, 3.8) is 0 Å². The van der Waals surface area contributed by atoms with Gasteiger partial charge >= 0.3 is 0 Å². The number of aromatic amines is 1. The molecule has 3 rings (SSSR count). The first-order valence-corrected chi connectivity index (χ1v) is 11.3. The molecule has 0 bridgehead atoms. The van der Waals surface area contributed by atoms with Crippen LogP contribution < -0.4 is 10.0 Å². The van der Waals surface area contributed by atoms with Crippen LogP contribution in [0.15, 0.2) is 30.5 Å². The number of pyridine rings is 1. The summed E-state index contributed by atoms with van der Waals surface area (Å²) >= 11 is 0.